The molecular weight excluding hydrogens is 552 g/mol. The molecule has 2 aliphatic rings. The molecular formula is C18H23Br2ClN2O5S. The van der Waals surface area contributed by atoms with E-state index in [1.54, 1.807) is 20.8 Å². The van der Waals surface area contributed by atoms with Gasteiger partial charge in [-0.05, 0) is 27.7 Å². The van der Waals surface area contributed by atoms with Crippen molar-refractivity contribution < 1.29 is 23.9 Å². The van der Waals surface area contributed by atoms with Gasteiger partial charge in [0.2, 0.25) is 0 Å². The number of rotatable bonds is 6. The van der Waals surface area contributed by atoms with Gasteiger partial charge in [-0.15, -0.1) is 11.8 Å². The number of nitrogens with zero attached hydrogens (tertiary/aromatic N) is 2. The average Bonchev–Trinajstić information content (AvgIpc) is 2.57. The summed E-state index contributed by atoms with van der Waals surface area (Å²) in [7, 11) is 0. The maximum atomic E-state index is 12.8. The van der Waals surface area contributed by atoms with Crippen LogP contribution in [0.1, 0.15) is 34.6 Å². The number of amides is 1. The first-order chi connectivity index (χ1) is 13.2. The quantitative estimate of drug-likeness (QED) is 0.209. The number of alkyl halides is 3. The predicted molar refractivity (Wildman–Crippen MR) is 121 cm³/mol. The molecule has 162 valence electrons. The predicted octanol–water partition coefficient (Wildman–Crippen LogP) is 3.61. The van der Waals surface area contributed by atoms with Crippen LogP contribution in [-0.2, 0) is 23.9 Å². The molecule has 2 unspecified atom stereocenters. The molecule has 0 saturated carbocycles. The third-order valence-electron chi connectivity index (χ3n) is 4.00. The largest absolute Gasteiger partial charge is 0.461 e. The van der Waals surface area contributed by atoms with E-state index in [1.165, 1.54) is 29.8 Å². The summed E-state index contributed by atoms with van der Waals surface area (Å²) >= 11 is 14.5. The second-order valence-corrected chi connectivity index (χ2v) is 12.5. The number of aliphatic imine (C=N–C) groups is 1. The second-order valence-electron chi connectivity index (χ2n) is 7.66. The van der Waals surface area contributed by atoms with Crippen molar-refractivity contribution >= 4 is 79.3 Å². The van der Waals surface area contributed by atoms with Crippen LogP contribution in [-0.4, -0.2) is 66.9 Å². The van der Waals surface area contributed by atoms with Gasteiger partial charge in [0.1, 0.15) is 27.1 Å². The molecule has 7 nitrogen and oxygen atoms in total. The highest BCUT2D eigenvalue weighted by Gasteiger charge is 2.54. The van der Waals surface area contributed by atoms with Crippen LogP contribution in [0.3, 0.4) is 0 Å². The zero-order chi connectivity index (χ0) is 22.1. The molecule has 0 aromatic rings. The SMILES string of the molecule is CC(=O)OCC1=C(C(=O)OC(C)(C)C)N2C(=O)[C@@H](N=CC(Cl)(Br)C(C)Br)[C@@H]2SC1. The molecule has 1 amide bonds. The molecule has 0 aromatic carbocycles. The number of thioether (sulfide) groups is 1. The number of halogens is 3. The highest BCUT2D eigenvalue weighted by molar-refractivity contribution is 9.13. The first kappa shape index (κ1) is 24.7. The molecule has 1 fully saturated rings. The van der Waals surface area contributed by atoms with Crippen molar-refractivity contribution in [3.8, 4) is 0 Å². The van der Waals surface area contributed by atoms with Crippen molar-refractivity contribution in [2.45, 2.75) is 60.2 Å². The summed E-state index contributed by atoms with van der Waals surface area (Å²) in [5.41, 5.74) is -0.0680. The summed E-state index contributed by atoms with van der Waals surface area (Å²) in [4.78, 5) is 42.5. The molecule has 0 radical (unpaired) electrons. The normalized spacial score (nSPS) is 25.2. The van der Waals surface area contributed by atoms with E-state index in [4.69, 9.17) is 21.1 Å². The van der Waals surface area contributed by atoms with Gasteiger partial charge >= 0.3 is 11.9 Å². The van der Waals surface area contributed by atoms with E-state index in [1.807, 2.05) is 6.92 Å². The lowest BCUT2D eigenvalue weighted by atomic mass is 10.0. The Kier molecular flexibility index (Phi) is 7.90. The first-order valence-electron chi connectivity index (χ1n) is 8.84. The van der Waals surface area contributed by atoms with Crippen molar-refractivity contribution in [1.29, 1.82) is 0 Å². The molecule has 29 heavy (non-hydrogen) atoms. The summed E-state index contributed by atoms with van der Waals surface area (Å²) in [6.45, 7) is 8.30. The number of esters is 2. The Hall–Kier alpha value is -0.580. The summed E-state index contributed by atoms with van der Waals surface area (Å²) in [6.07, 6.45) is 1.49. The van der Waals surface area contributed by atoms with Gasteiger partial charge in [-0.2, -0.15) is 0 Å². The molecule has 11 heteroatoms. The molecule has 2 rings (SSSR count). The molecule has 0 spiro atoms. The van der Waals surface area contributed by atoms with E-state index < -0.39 is 27.4 Å². The molecule has 0 aromatic heterocycles. The van der Waals surface area contributed by atoms with Crippen LogP contribution in [0, 0.1) is 0 Å². The van der Waals surface area contributed by atoms with Crippen molar-refractivity contribution in [2.75, 3.05) is 12.4 Å². The molecule has 2 aliphatic heterocycles. The zero-order valence-electron chi connectivity index (χ0n) is 16.7. The zero-order valence-corrected chi connectivity index (χ0v) is 21.4. The van der Waals surface area contributed by atoms with Crippen molar-refractivity contribution in [3.05, 3.63) is 11.3 Å². The summed E-state index contributed by atoms with van der Waals surface area (Å²) in [5.74, 6) is -1.01. The van der Waals surface area contributed by atoms with Gasteiger partial charge in [-0.1, -0.05) is 43.5 Å². The molecule has 0 aliphatic carbocycles. The van der Waals surface area contributed by atoms with E-state index in [-0.39, 0.29) is 28.4 Å². The maximum Gasteiger partial charge on any atom is 0.355 e. The van der Waals surface area contributed by atoms with Crippen molar-refractivity contribution in [1.82, 2.24) is 4.90 Å². The molecule has 4 atom stereocenters. The fraction of sp³-hybridized carbons (Fsp3) is 0.667. The second kappa shape index (κ2) is 9.28. The fourth-order valence-electron chi connectivity index (χ4n) is 2.56. The standard InChI is InChI=1S/C18H23Br2ClN2O5S/c1-9(19)18(20,21)8-22-12-14(25)23-13(16(26)28-17(3,4)5)11(6-27-10(2)24)7-29-15(12)23/h8-9,12,15H,6-7H2,1-5H3/t9?,12-,15+,18?/m1/s1. The number of β-lactam (4-membered cyclic amide) rings is 1. The third-order valence-corrected chi connectivity index (χ3v) is 8.24. The Morgan fingerprint density at radius 3 is 2.59 bits per heavy atom. The van der Waals surface area contributed by atoms with Gasteiger partial charge in [0.15, 0.2) is 6.04 Å². The monoisotopic (exact) mass is 572 g/mol. The minimum atomic E-state index is -0.933. The average molecular weight is 575 g/mol. The Labute approximate surface area is 196 Å². The van der Waals surface area contributed by atoms with E-state index in [2.05, 4.69) is 36.9 Å². The van der Waals surface area contributed by atoms with Gasteiger partial charge in [0.25, 0.3) is 5.91 Å². The minimum absolute atomic E-state index is 0.0748. The number of hydrogen-bond donors (Lipinski definition) is 0. The Morgan fingerprint density at radius 1 is 1.45 bits per heavy atom. The van der Waals surface area contributed by atoms with Gasteiger partial charge in [-0.3, -0.25) is 19.5 Å². The number of carbonyl (C=O) groups excluding carboxylic acids is 3. The lowest BCUT2D eigenvalue weighted by Crippen LogP contribution is -2.64. The molecule has 0 N–H and O–H groups in total. The van der Waals surface area contributed by atoms with Gasteiger partial charge in [0.05, 0.1) is 0 Å². The van der Waals surface area contributed by atoms with Crippen LogP contribution in [0.2, 0.25) is 0 Å². The van der Waals surface area contributed by atoms with Crippen LogP contribution in [0.15, 0.2) is 16.3 Å². The Morgan fingerprint density at radius 2 is 2.07 bits per heavy atom. The van der Waals surface area contributed by atoms with E-state index >= 15 is 0 Å². The number of ether oxygens (including phenoxy) is 2. The van der Waals surface area contributed by atoms with Gasteiger partial charge in [0, 0.05) is 29.3 Å². The summed E-state index contributed by atoms with van der Waals surface area (Å²) in [5, 5.41) is -0.354. The number of carbonyl (C=O) groups is 3. The van der Waals surface area contributed by atoms with Gasteiger partial charge < -0.3 is 9.47 Å². The number of fused-ring (bicyclic) bond motifs is 1. The smallest absolute Gasteiger partial charge is 0.355 e. The van der Waals surface area contributed by atoms with E-state index in [0.717, 1.165) is 0 Å². The topological polar surface area (TPSA) is 85.3 Å². The van der Waals surface area contributed by atoms with Gasteiger partial charge in [-0.25, -0.2) is 4.79 Å². The minimum Gasteiger partial charge on any atom is -0.461 e. The van der Waals surface area contributed by atoms with Crippen molar-refractivity contribution in [3.63, 3.8) is 0 Å². The summed E-state index contributed by atoms with van der Waals surface area (Å²) < 4.78 is 9.62. The lowest BCUT2D eigenvalue weighted by molar-refractivity contribution is -0.158. The molecule has 1 saturated heterocycles. The third kappa shape index (κ3) is 5.98. The van der Waals surface area contributed by atoms with Crippen LogP contribution >= 0.6 is 55.2 Å². The first-order valence-corrected chi connectivity index (χ1v) is 12.0. The van der Waals surface area contributed by atoms with Crippen LogP contribution in [0.4, 0.5) is 0 Å². The lowest BCUT2D eigenvalue weighted by Gasteiger charge is -2.48. The van der Waals surface area contributed by atoms with Crippen LogP contribution < -0.4 is 0 Å². The Balaban J connectivity index is 2.30. The number of hydrogen-bond acceptors (Lipinski definition) is 7. The highest BCUT2D eigenvalue weighted by atomic mass is 79.9. The van der Waals surface area contributed by atoms with Crippen LogP contribution in [0.25, 0.3) is 0 Å². The van der Waals surface area contributed by atoms with Crippen LogP contribution in [0.5, 0.6) is 0 Å². The fourth-order valence-corrected chi connectivity index (χ4v) is 4.18. The highest BCUT2D eigenvalue weighted by Crippen LogP contribution is 2.43. The molecule has 0 bridgehead atoms. The Bertz CT molecular complexity index is 764. The van der Waals surface area contributed by atoms with Crippen molar-refractivity contribution in [2.24, 2.45) is 4.99 Å². The summed E-state index contributed by atoms with van der Waals surface area (Å²) in [6, 6.07) is -0.658. The van der Waals surface area contributed by atoms with E-state index in [9.17, 15) is 14.4 Å². The maximum absolute atomic E-state index is 12.8. The molecule has 2 heterocycles. The van der Waals surface area contributed by atoms with E-state index in [0.29, 0.717) is 11.3 Å².